The van der Waals surface area contributed by atoms with E-state index in [9.17, 15) is 35.5 Å². The summed E-state index contributed by atoms with van der Waals surface area (Å²) in [6.45, 7) is 0. The first-order valence-electron chi connectivity index (χ1n) is 12.6. The van der Waals surface area contributed by atoms with Gasteiger partial charge in [-0.3, -0.25) is 9.11 Å². The van der Waals surface area contributed by atoms with Gasteiger partial charge in [0.2, 0.25) is 0 Å². The van der Waals surface area contributed by atoms with Crippen LogP contribution in [-0.2, 0) is 32.2 Å². The molecule has 1 fully saturated rings. The monoisotopic (exact) mass is 609 g/mol. The molecular formula is C28H25N4O8S2+. The molecule has 4 aromatic rings. The summed E-state index contributed by atoms with van der Waals surface area (Å²) < 4.78 is 74.7. The SMILES string of the molecule is Cn1cccc1C(=O)[N+](C)(c1cc(S(=O)(=O)O)c2ccccc2c1)C1(S(=O)(=O)O)C=C2NC(=O)NC2c2ccccc21. The maximum atomic E-state index is 14.8. The highest BCUT2D eigenvalue weighted by Crippen LogP contribution is 2.52. The highest BCUT2D eigenvalue weighted by atomic mass is 32.2. The van der Waals surface area contributed by atoms with Crippen molar-refractivity contribution in [1.29, 1.82) is 0 Å². The molecule has 3 aromatic carbocycles. The van der Waals surface area contributed by atoms with E-state index >= 15 is 0 Å². The van der Waals surface area contributed by atoms with Crippen molar-refractivity contribution < 1.29 is 35.5 Å². The van der Waals surface area contributed by atoms with Crippen molar-refractivity contribution in [1.82, 2.24) is 19.7 Å². The Balaban J connectivity index is 1.83. The van der Waals surface area contributed by atoms with E-state index < -0.39 is 52.5 Å². The second kappa shape index (κ2) is 9.08. The van der Waals surface area contributed by atoms with Crippen molar-refractivity contribution in [2.24, 2.45) is 7.05 Å². The van der Waals surface area contributed by atoms with Gasteiger partial charge in [-0.2, -0.15) is 21.3 Å². The molecular weight excluding hydrogens is 584 g/mol. The molecule has 1 aromatic heterocycles. The predicted molar refractivity (Wildman–Crippen MR) is 153 cm³/mol. The minimum Gasteiger partial charge on any atom is -0.343 e. The molecule has 0 spiro atoms. The van der Waals surface area contributed by atoms with Gasteiger partial charge in [0.05, 0.1) is 18.8 Å². The summed E-state index contributed by atoms with van der Waals surface area (Å²) in [4.78, 5) is 24.0. The highest BCUT2D eigenvalue weighted by molar-refractivity contribution is 7.87. The minimum absolute atomic E-state index is 0.0168. The summed E-state index contributed by atoms with van der Waals surface area (Å²) in [5.41, 5.74) is 0.222. The average Bonchev–Trinajstić information content (AvgIpc) is 3.54. The molecule has 3 atom stereocenters. The molecule has 3 unspecified atom stereocenters. The van der Waals surface area contributed by atoms with Crippen LogP contribution >= 0.6 is 0 Å². The molecule has 3 amide bonds. The number of likely N-dealkylation sites (N-methyl/N-ethyl adjacent to an activating group) is 1. The fourth-order valence-electron chi connectivity index (χ4n) is 6.09. The van der Waals surface area contributed by atoms with Crippen LogP contribution in [0.2, 0.25) is 0 Å². The van der Waals surface area contributed by atoms with Crippen molar-refractivity contribution in [2.75, 3.05) is 7.05 Å². The van der Waals surface area contributed by atoms with E-state index in [1.807, 2.05) is 0 Å². The van der Waals surface area contributed by atoms with E-state index in [2.05, 4.69) is 10.6 Å². The Morgan fingerprint density at radius 3 is 2.33 bits per heavy atom. The number of amides is 3. The molecule has 2 aliphatic rings. The van der Waals surface area contributed by atoms with E-state index in [1.165, 1.54) is 41.9 Å². The van der Waals surface area contributed by atoms with E-state index in [-0.39, 0.29) is 33.4 Å². The van der Waals surface area contributed by atoms with Crippen LogP contribution in [0.5, 0.6) is 0 Å². The number of quaternary nitrogens is 1. The third kappa shape index (κ3) is 3.77. The molecule has 1 aliphatic carbocycles. The number of aryl methyl sites for hydroxylation is 1. The molecule has 0 bridgehead atoms. The first kappa shape index (κ1) is 27.8. The minimum atomic E-state index is -5.34. The van der Waals surface area contributed by atoms with Crippen molar-refractivity contribution in [3.05, 3.63) is 108 Å². The smallest absolute Gasteiger partial charge is 0.343 e. The molecule has 4 N–H and O–H groups in total. The molecule has 14 heteroatoms. The van der Waals surface area contributed by atoms with Crippen LogP contribution < -0.4 is 15.1 Å². The molecule has 6 rings (SSSR count). The Morgan fingerprint density at radius 1 is 0.976 bits per heavy atom. The van der Waals surface area contributed by atoms with Crippen molar-refractivity contribution in [3.63, 3.8) is 0 Å². The van der Waals surface area contributed by atoms with E-state index in [0.29, 0.717) is 5.56 Å². The molecule has 12 nitrogen and oxygen atoms in total. The summed E-state index contributed by atoms with van der Waals surface area (Å²) in [6.07, 6.45) is 2.70. The number of aromatic nitrogens is 1. The molecule has 0 saturated carbocycles. The van der Waals surface area contributed by atoms with Crippen molar-refractivity contribution in [3.8, 4) is 0 Å². The zero-order valence-electron chi connectivity index (χ0n) is 22.2. The molecule has 1 aliphatic heterocycles. The number of nitrogens with one attached hydrogen (secondary N) is 2. The van der Waals surface area contributed by atoms with Gasteiger partial charge < -0.3 is 15.2 Å². The number of nitrogens with zero attached hydrogens (tertiary/aromatic N) is 2. The van der Waals surface area contributed by atoms with E-state index in [0.717, 1.165) is 12.1 Å². The number of hydrogen-bond donors (Lipinski definition) is 4. The number of carbonyl (C=O) groups is 2. The fourth-order valence-corrected chi connectivity index (χ4v) is 8.22. The number of fused-ring (bicyclic) bond motifs is 4. The van der Waals surface area contributed by atoms with E-state index in [1.54, 1.807) is 49.6 Å². The van der Waals surface area contributed by atoms with Crippen LogP contribution in [0.25, 0.3) is 10.8 Å². The van der Waals surface area contributed by atoms with E-state index in [4.69, 9.17) is 0 Å². The summed E-state index contributed by atoms with van der Waals surface area (Å²) in [5.74, 6) is -0.834. The lowest BCUT2D eigenvalue weighted by Gasteiger charge is -2.47. The van der Waals surface area contributed by atoms with Gasteiger partial charge in [0.1, 0.15) is 16.3 Å². The zero-order valence-corrected chi connectivity index (χ0v) is 23.8. The molecule has 0 radical (unpaired) electrons. The number of benzene rings is 3. The highest BCUT2D eigenvalue weighted by Gasteiger charge is 2.67. The van der Waals surface area contributed by atoms with Gasteiger partial charge in [-0.1, -0.05) is 48.5 Å². The van der Waals surface area contributed by atoms with Gasteiger partial charge in [0, 0.05) is 42.4 Å². The average molecular weight is 610 g/mol. The molecule has 2 heterocycles. The summed E-state index contributed by atoms with van der Waals surface area (Å²) >= 11 is 0. The Bertz CT molecular complexity index is 2090. The fraction of sp³-hybridized carbons (Fsp3) is 0.143. The van der Waals surface area contributed by atoms with Gasteiger partial charge in [0.15, 0.2) is 0 Å². The number of carbonyl (C=O) groups excluding carboxylic acids is 2. The number of rotatable bonds is 5. The lowest BCUT2D eigenvalue weighted by molar-refractivity contribution is 0.0711. The summed E-state index contributed by atoms with van der Waals surface area (Å²) in [5, 5.41) is 5.70. The van der Waals surface area contributed by atoms with Gasteiger partial charge in [-0.25, -0.2) is 9.59 Å². The maximum absolute atomic E-state index is 14.8. The van der Waals surface area contributed by atoms with Crippen LogP contribution in [0.15, 0.2) is 95.7 Å². The Labute approximate surface area is 241 Å². The van der Waals surface area contributed by atoms with Crippen LogP contribution in [0.1, 0.15) is 27.7 Å². The first-order chi connectivity index (χ1) is 19.7. The zero-order chi connectivity index (χ0) is 30.2. The van der Waals surface area contributed by atoms with Crippen LogP contribution in [0.3, 0.4) is 0 Å². The van der Waals surface area contributed by atoms with Crippen LogP contribution in [0.4, 0.5) is 10.5 Å². The standard InChI is InChI=1S/C28H24N4O8S2/c1-31-13-7-12-23(31)26(33)32(2,18-14-17-8-3-4-9-19(17)24(15-18)41(35,36)37)28(42(38,39)40)16-22-25(30-27(34)29-22)20-10-5-6-11-21(20)28/h3-16,25H,1-2H3,(H3-,29,30,34,35,36,37,38,39,40)/p+1. The molecule has 216 valence electrons. The van der Waals surface area contributed by atoms with Gasteiger partial charge in [-0.05, 0) is 23.1 Å². The second-order valence-electron chi connectivity index (χ2n) is 10.3. The Hall–Kier alpha value is -4.34. The molecule has 42 heavy (non-hydrogen) atoms. The first-order valence-corrected chi connectivity index (χ1v) is 15.5. The topological polar surface area (TPSA) is 172 Å². The lowest BCUT2D eigenvalue weighted by atomic mass is 9.84. The van der Waals surface area contributed by atoms with Crippen molar-refractivity contribution in [2.45, 2.75) is 15.8 Å². The normalized spacial score (nSPS) is 21.5. The quantitative estimate of drug-likeness (QED) is 0.197. The van der Waals surface area contributed by atoms with Gasteiger partial charge in [0.25, 0.3) is 15.0 Å². The van der Waals surface area contributed by atoms with Gasteiger partial charge >= 0.3 is 22.1 Å². The van der Waals surface area contributed by atoms with Gasteiger partial charge in [-0.15, -0.1) is 0 Å². The third-order valence-corrected chi connectivity index (χ3v) is 10.5. The number of hydrogen-bond acceptors (Lipinski definition) is 6. The summed E-state index contributed by atoms with van der Waals surface area (Å²) in [6, 6.07) is 16.4. The maximum Gasteiger partial charge on any atom is 0.369 e. The van der Waals surface area contributed by atoms with Crippen molar-refractivity contribution >= 4 is 48.6 Å². The number of urea groups is 1. The Morgan fingerprint density at radius 2 is 1.67 bits per heavy atom. The largest absolute Gasteiger partial charge is 0.369 e. The lowest BCUT2D eigenvalue weighted by Crippen LogP contribution is -2.68. The Kier molecular flexibility index (Phi) is 6.01. The molecule has 1 saturated heterocycles. The summed E-state index contributed by atoms with van der Waals surface area (Å²) in [7, 11) is -7.40. The second-order valence-corrected chi connectivity index (χ2v) is 13.3. The van der Waals surface area contributed by atoms with Crippen LogP contribution in [0, 0.1) is 0 Å². The van der Waals surface area contributed by atoms with Crippen LogP contribution in [-0.4, -0.2) is 49.5 Å². The predicted octanol–water partition coefficient (Wildman–Crippen LogP) is 3.19. The third-order valence-electron chi connectivity index (χ3n) is 8.08.